The van der Waals surface area contributed by atoms with Crippen LogP contribution in [0.25, 0.3) is 0 Å². The van der Waals surface area contributed by atoms with Gasteiger partial charge in [-0.15, -0.1) is 0 Å². The van der Waals surface area contributed by atoms with Gasteiger partial charge in [0.25, 0.3) is 5.56 Å². The molecule has 15 atom stereocenters. The van der Waals surface area contributed by atoms with Crippen molar-refractivity contribution < 1.29 is 69.4 Å². The first-order valence-corrected chi connectivity index (χ1v) is 14.9. The lowest BCUT2D eigenvalue weighted by molar-refractivity contribution is -0.347. The van der Waals surface area contributed by atoms with Crippen LogP contribution in [0.15, 0.2) is 21.9 Å². The third kappa shape index (κ3) is 7.90. The number of aromatic amines is 1. The highest BCUT2D eigenvalue weighted by atomic mass is 16.8. The molecule has 0 bridgehead atoms. The number of ether oxygens (including phenoxy) is 4. The Kier molecular flexibility index (Phi) is 11.9. The minimum atomic E-state index is -1.83. The van der Waals surface area contributed by atoms with Gasteiger partial charge in [-0.1, -0.05) is 13.8 Å². The van der Waals surface area contributed by atoms with Crippen molar-refractivity contribution in [3.63, 3.8) is 0 Å². The molecule has 20 heteroatoms. The Labute approximate surface area is 266 Å². The molecule has 2 amide bonds. The van der Waals surface area contributed by atoms with Crippen molar-refractivity contribution in [3.05, 3.63) is 33.1 Å². The molecule has 0 radical (unpaired) electrons. The molecule has 0 aliphatic carbocycles. The summed E-state index contributed by atoms with van der Waals surface area (Å²) in [5, 5.41) is 89.9. The molecular formula is C27H42N4O16. The van der Waals surface area contributed by atoms with Gasteiger partial charge in [-0.05, 0) is 0 Å². The van der Waals surface area contributed by atoms with Gasteiger partial charge in [0.15, 0.2) is 18.8 Å². The predicted octanol–water partition coefficient (Wildman–Crippen LogP) is -6.55. The minimum absolute atomic E-state index is 0.591. The summed E-state index contributed by atoms with van der Waals surface area (Å²) in [7, 11) is 0. The fourth-order valence-electron chi connectivity index (χ4n) is 5.68. The van der Waals surface area contributed by atoms with Crippen LogP contribution in [0.5, 0.6) is 0 Å². The number of carbonyl (C=O) groups is 2. The fourth-order valence-corrected chi connectivity index (χ4v) is 5.68. The van der Waals surface area contributed by atoms with Crippen molar-refractivity contribution in [1.29, 1.82) is 0 Å². The minimum Gasteiger partial charge on any atom is -0.394 e. The molecule has 3 aliphatic rings. The maximum Gasteiger partial charge on any atom is 0.330 e. The summed E-state index contributed by atoms with van der Waals surface area (Å²) in [4.78, 5) is 50.2. The molecule has 0 aromatic carbocycles. The van der Waals surface area contributed by atoms with Crippen LogP contribution in [0.2, 0.25) is 0 Å². The number of aliphatic hydroxyl groups excluding tert-OH is 8. The largest absolute Gasteiger partial charge is 0.394 e. The van der Waals surface area contributed by atoms with Crippen LogP contribution in [0.4, 0.5) is 0 Å². The van der Waals surface area contributed by atoms with E-state index in [4.69, 9.17) is 18.9 Å². The number of hydrogen-bond acceptors (Lipinski definition) is 16. The summed E-state index contributed by atoms with van der Waals surface area (Å²) in [6.07, 6.45) is -21.2. The van der Waals surface area contributed by atoms with Crippen LogP contribution in [-0.2, 0) is 28.5 Å². The Morgan fingerprint density at radius 1 is 0.894 bits per heavy atom. The Morgan fingerprint density at radius 2 is 1.47 bits per heavy atom. The second kappa shape index (κ2) is 15.1. The highest BCUT2D eigenvalue weighted by Crippen LogP contribution is 2.34. The smallest absolute Gasteiger partial charge is 0.330 e. The number of rotatable bonds is 10. The molecule has 47 heavy (non-hydrogen) atoms. The molecule has 4 rings (SSSR count). The fraction of sp³-hybridized carbons (Fsp3) is 0.778. The quantitative estimate of drug-likeness (QED) is 0.110. The first-order chi connectivity index (χ1) is 22.0. The topological polar surface area (TPSA) is 312 Å². The number of hydrogen-bond donors (Lipinski definition) is 11. The maximum atomic E-state index is 12.6. The van der Waals surface area contributed by atoms with E-state index in [-0.39, 0.29) is 0 Å². The summed E-state index contributed by atoms with van der Waals surface area (Å²) in [6, 6.07) is -1.97. The zero-order valence-electron chi connectivity index (χ0n) is 25.6. The zero-order chi connectivity index (χ0) is 34.9. The average molecular weight is 679 g/mol. The number of amides is 2. The molecule has 4 heterocycles. The lowest BCUT2D eigenvalue weighted by Crippen LogP contribution is -2.69. The Hall–Kier alpha value is -2.86. The van der Waals surface area contributed by atoms with E-state index in [1.807, 2.05) is 4.98 Å². The predicted molar refractivity (Wildman–Crippen MR) is 152 cm³/mol. The van der Waals surface area contributed by atoms with Crippen LogP contribution in [-0.4, -0.2) is 155 Å². The van der Waals surface area contributed by atoms with E-state index in [0.717, 1.165) is 23.8 Å². The SMILES string of the molecule is CC(=O)NC1C(O)[C@H](O)C(CO)O[C@@H]1O[C@@H]1O[C@H](C[C@@H](O)[C@H]2OC(n3ccc(=O)[nH]c3=O)[C@H](O)[C@@H]2O)C(O)C(O)[C@H]1NC(=O)C(C)C. The van der Waals surface area contributed by atoms with Gasteiger partial charge in [-0.25, -0.2) is 4.79 Å². The molecule has 0 saturated carbocycles. The van der Waals surface area contributed by atoms with Crippen molar-refractivity contribution in [2.75, 3.05) is 6.61 Å². The molecule has 1 aromatic heterocycles. The van der Waals surface area contributed by atoms with Gasteiger partial charge in [0.2, 0.25) is 11.8 Å². The molecule has 3 aliphatic heterocycles. The standard InChI is InChI=1S/C27H42N4O16/c1-8(2)23(42)30-15-19(39)16(36)11(44-26(15)47-25-14(28-9(3)33)18(38)17(37)12(7-32)45-25)6-10(34)22-20(40)21(41)24(46-22)31-5-4-13(35)29-27(31)43/h4-5,8,10-12,14-22,24-26,32,34,36-41H,6-7H2,1-3H3,(H,28,33)(H,30,42)(H,29,35,43)/t10-,11-,12?,14?,15-,16?,17-,18?,19?,20+,21-,22-,24?,25-,26+/m1/s1. The number of aromatic nitrogens is 2. The number of aliphatic hydroxyl groups is 8. The second-order valence-electron chi connectivity index (χ2n) is 12.1. The molecule has 3 saturated heterocycles. The summed E-state index contributed by atoms with van der Waals surface area (Å²) < 4.78 is 23.7. The third-order valence-electron chi connectivity index (χ3n) is 8.31. The number of nitrogens with zero attached hydrogens (tertiary/aromatic N) is 1. The average Bonchev–Trinajstić information content (AvgIpc) is 3.30. The third-order valence-corrected chi connectivity index (χ3v) is 8.31. The van der Waals surface area contributed by atoms with Crippen LogP contribution >= 0.6 is 0 Å². The maximum absolute atomic E-state index is 12.6. The summed E-state index contributed by atoms with van der Waals surface area (Å²) in [6.45, 7) is 3.44. The monoisotopic (exact) mass is 678 g/mol. The normalized spacial score (nSPS) is 39.8. The van der Waals surface area contributed by atoms with Gasteiger partial charge < -0.3 is 70.4 Å². The molecule has 0 spiro atoms. The van der Waals surface area contributed by atoms with E-state index in [1.54, 1.807) is 13.8 Å². The molecule has 11 N–H and O–H groups in total. The summed E-state index contributed by atoms with van der Waals surface area (Å²) in [5.41, 5.74) is -1.69. The molecule has 3 fully saturated rings. The Balaban J connectivity index is 1.57. The molecule has 266 valence electrons. The van der Waals surface area contributed by atoms with E-state index < -0.39 is 134 Å². The lowest BCUT2D eigenvalue weighted by atomic mass is 9.91. The van der Waals surface area contributed by atoms with E-state index >= 15 is 0 Å². The highest BCUT2D eigenvalue weighted by Gasteiger charge is 2.53. The highest BCUT2D eigenvalue weighted by molar-refractivity contribution is 5.78. The summed E-state index contributed by atoms with van der Waals surface area (Å²) >= 11 is 0. The van der Waals surface area contributed by atoms with Gasteiger partial charge in [0, 0.05) is 31.5 Å². The van der Waals surface area contributed by atoms with Gasteiger partial charge in [-0.2, -0.15) is 0 Å². The van der Waals surface area contributed by atoms with Gasteiger partial charge >= 0.3 is 5.69 Å². The number of nitrogens with one attached hydrogen (secondary N) is 3. The number of H-pyrrole nitrogens is 1. The van der Waals surface area contributed by atoms with Crippen molar-refractivity contribution in [3.8, 4) is 0 Å². The molecule has 6 unspecified atom stereocenters. The molecule has 1 aromatic rings. The van der Waals surface area contributed by atoms with Gasteiger partial charge in [-0.3, -0.25) is 23.9 Å². The molecular weight excluding hydrogens is 636 g/mol. The van der Waals surface area contributed by atoms with Crippen molar-refractivity contribution in [2.45, 2.75) is 119 Å². The first-order valence-electron chi connectivity index (χ1n) is 14.9. The van der Waals surface area contributed by atoms with Crippen LogP contribution in [0.1, 0.15) is 33.4 Å². The van der Waals surface area contributed by atoms with Crippen LogP contribution < -0.4 is 21.9 Å². The Morgan fingerprint density at radius 3 is 2.02 bits per heavy atom. The van der Waals surface area contributed by atoms with Crippen molar-refractivity contribution >= 4 is 11.8 Å². The van der Waals surface area contributed by atoms with E-state index in [2.05, 4.69) is 10.6 Å². The Bertz CT molecular complexity index is 1360. The van der Waals surface area contributed by atoms with E-state index in [0.29, 0.717) is 0 Å². The van der Waals surface area contributed by atoms with Crippen LogP contribution in [0.3, 0.4) is 0 Å². The number of carbonyl (C=O) groups excluding carboxylic acids is 2. The van der Waals surface area contributed by atoms with Crippen LogP contribution in [0, 0.1) is 5.92 Å². The summed E-state index contributed by atoms with van der Waals surface area (Å²) in [5.74, 6) is -1.86. The first kappa shape index (κ1) is 37.0. The van der Waals surface area contributed by atoms with Gasteiger partial charge in [0.1, 0.15) is 60.9 Å². The zero-order valence-corrected chi connectivity index (χ0v) is 25.6. The van der Waals surface area contributed by atoms with Crippen molar-refractivity contribution in [2.24, 2.45) is 5.92 Å². The van der Waals surface area contributed by atoms with E-state index in [1.165, 1.54) is 0 Å². The molecule has 20 nitrogen and oxygen atoms in total. The second-order valence-corrected chi connectivity index (χ2v) is 12.1. The van der Waals surface area contributed by atoms with Crippen molar-refractivity contribution in [1.82, 2.24) is 20.2 Å². The lowest BCUT2D eigenvalue weighted by Gasteiger charge is -2.47. The van der Waals surface area contributed by atoms with E-state index in [9.17, 15) is 60.0 Å². The van der Waals surface area contributed by atoms with Gasteiger partial charge in [0.05, 0.1) is 18.8 Å².